The van der Waals surface area contributed by atoms with Crippen molar-refractivity contribution in [1.29, 1.82) is 0 Å². The van der Waals surface area contributed by atoms with E-state index < -0.39 is 11.7 Å². The highest BCUT2D eigenvalue weighted by atomic mass is 16.4. The normalized spacial score (nSPS) is 46.4. The van der Waals surface area contributed by atoms with Gasteiger partial charge in [-0.1, -0.05) is 13.8 Å². The van der Waals surface area contributed by atoms with Crippen LogP contribution in [0.2, 0.25) is 0 Å². The number of aliphatic hydroxyl groups excluding tert-OH is 1. The first kappa shape index (κ1) is 26.3. The van der Waals surface area contributed by atoms with Gasteiger partial charge in [0.2, 0.25) is 0 Å². The second-order valence-corrected chi connectivity index (χ2v) is 13.6. The van der Waals surface area contributed by atoms with Gasteiger partial charge in [0.15, 0.2) is 0 Å². The summed E-state index contributed by atoms with van der Waals surface area (Å²) in [5.41, 5.74) is -0.0166. The molecular formula is C30H45N3O5. The Labute approximate surface area is 225 Å². The largest absolute Gasteiger partial charge is 0.431 e. The van der Waals surface area contributed by atoms with Gasteiger partial charge in [-0.15, -0.1) is 0 Å². The van der Waals surface area contributed by atoms with Crippen LogP contribution in [0, 0.1) is 28.6 Å². The second-order valence-electron chi connectivity index (χ2n) is 13.6. The van der Waals surface area contributed by atoms with Crippen LogP contribution < -0.4 is 21.6 Å². The number of carbonyl (C=O) groups excluding carboxylic acids is 1. The van der Waals surface area contributed by atoms with Crippen LogP contribution >= 0.6 is 0 Å². The smallest absolute Gasteiger partial charge is 0.335 e. The van der Waals surface area contributed by atoms with Gasteiger partial charge in [-0.2, -0.15) is 0 Å². The Hall–Kier alpha value is -1.90. The van der Waals surface area contributed by atoms with E-state index in [1.165, 1.54) is 6.07 Å². The number of hydrogen-bond acceptors (Lipinski definition) is 6. The summed E-state index contributed by atoms with van der Waals surface area (Å²) in [4.78, 5) is 24.3. The lowest BCUT2D eigenvalue weighted by Gasteiger charge is -2.63. The number of hydrogen-bond donors (Lipinski definition) is 5. The summed E-state index contributed by atoms with van der Waals surface area (Å²) < 4.78 is 5.22. The fourth-order valence-electron chi connectivity index (χ4n) is 9.86. The van der Waals surface area contributed by atoms with Gasteiger partial charge in [0.25, 0.3) is 0 Å². The number of urea groups is 1. The van der Waals surface area contributed by atoms with E-state index in [-0.39, 0.29) is 46.4 Å². The third-order valence-corrected chi connectivity index (χ3v) is 12.1. The lowest BCUT2D eigenvalue weighted by molar-refractivity contribution is -0.201. The van der Waals surface area contributed by atoms with E-state index in [1.54, 1.807) is 6.26 Å². The molecule has 5 fully saturated rings. The number of aliphatic hydroxyl groups is 2. The number of β-amino-alcohol motifs (C(OH)–C–C–N with tert-alkyl or cyclic N) is 1. The zero-order chi connectivity index (χ0) is 26.7. The molecule has 0 radical (unpaired) electrons. The maximum absolute atomic E-state index is 12.8. The van der Waals surface area contributed by atoms with Gasteiger partial charge in [0.1, 0.15) is 0 Å². The Morgan fingerprint density at radius 2 is 1.87 bits per heavy atom. The quantitative estimate of drug-likeness (QED) is 0.411. The maximum Gasteiger partial charge on any atom is 0.335 e. The molecule has 0 bridgehead atoms. The number of piperidine rings is 1. The van der Waals surface area contributed by atoms with E-state index in [0.29, 0.717) is 18.4 Å². The molecule has 4 saturated carbocycles. The minimum absolute atomic E-state index is 0.157. The second kappa shape index (κ2) is 9.63. The number of nitrogens with one attached hydrogen (secondary N) is 3. The predicted molar refractivity (Wildman–Crippen MR) is 144 cm³/mol. The highest BCUT2D eigenvalue weighted by molar-refractivity contribution is 5.74. The summed E-state index contributed by atoms with van der Waals surface area (Å²) in [7, 11) is 0. The van der Waals surface area contributed by atoms with Crippen molar-refractivity contribution in [2.24, 2.45) is 28.6 Å². The van der Waals surface area contributed by atoms with Crippen molar-refractivity contribution < 1.29 is 19.4 Å². The Balaban J connectivity index is 1.13. The molecule has 1 aromatic heterocycles. The van der Waals surface area contributed by atoms with Crippen LogP contribution in [-0.4, -0.2) is 53.1 Å². The molecule has 1 aliphatic heterocycles. The van der Waals surface area contributed by atoms with E-state index >= 15 is 0 Å². The highest BCUT2D eigenvalue weighted by Gasteiger charge is 2.67. The molecule has 1 aromatic rings. The fraction of sp³-hybridized carbons (Fsp3) is 0.800. The van der Waals surface area contributed by atoms with Crippen molar-refractivity contribution in [3.63, 3.8) is 0 Å². The fourth-order valence-corrected chi connectivity index (χ4v) is 9.86. The van der Waals surface area contributed by atoms with Crippen molar-refractivity contribution in [3.8, 4) is 0 Å². The monoisotopic (exact) mass is 527 g/mol. The number of carbonyl (C=O) groups is 1. The molecule has 10 atom stereocenters. The van der Waals surface area contributed by atoms with Crippen molar-refractivity contribution >= 4 is 6.03 Å². The van der Waals surface area contributed by atoms with Crippen molar-refractivity contribution in [3.05, 3.63) is 34.4 Å². The molecule has 8 nitrogen and oxygen atoms in total. The summed E-state index contributed by atoms with van der Waals surface area (Å²) in [6, 6.07) is 3.21. The average Bonchev–Trinajstić information content (AvgIpc) is 3.17. The van der Waals surface area contributed by atoms with Crippen LogP contribution in [0.4, 0.5) is 4.79 Å². The van der Waals surface area contributed by atoms with E-state index in [2.05, 4.69) is 29.8 Å². The van der Waals surface area contributed by atoms with Crippen molar-refractivity contribution in [2.45, 2.75) is 108 Å². The van der Waals surface area contributed by atoms with Crippen molar-refractivity contribution in [2.75, 3.05) is 13.1 Å². The molecule has 1 saturated heterocycles. The van der Waals surface area contributed by atoms with Gasteiger partial charge in [0, 0.05) is 24.1 Å². The Kier molecular flexibility index (Phi) is 6.67. The van der Waals surface area contributed by atoms with E-state index in [1.807, 2.05) is 6.07 Å². The lowest BCUT2D eigenvalue weighted by atomic mass is 9.43. The molecule has 0 spiro atoms. The molecular weight excluding hydrogens is 482 g/mol. The number of rotatable bonds is 3. The van der Waals surface area contributed by atoms with Crippen LogP contribution in [0.1, 0.15) is 89.5 Å². The predicted octanol–water partition coefficient (Wildman–Crippen LogP) is 3.27. The molecule has 4 aliphatic carbocycles. The SMILES string of the molecule is C[C@]12CC[C@H](NC(=O)NC3CCNC[C@H]3O)C[C@H]1CC[C@@H]1[C@@H]2CC[C@]2(C)[C@@H](c3ccc(=O)oc3)CC[C@]12O. The maximum atomic E-state index is 12.8. The molecule has 5 N–H and O–H groups in total. The number of amides is 2. The first-order valence-corrected chi connectivity index (χ1v) is 14.9. The van der Waals surface area contributed by atoms with Gasteiger partial charge in [-0.05, 0) is 111 Å². The summed E-state index contributed by atoms with van der Waals surface area (Å²) in [6.07, 6.45) is 10.8. The van der Waals surface area contributed by atoms with Gasteiger partial charge in [-0.25, -0.2) is 9.59 Å². The average molecular weight is 528 g/mol. The van der Waals surface area contributed by atoms with Gasteiger partial charge in [-0.3, -0.25) is 0 Å². The lowest BCUT2D eigenvalue weighted by Crippen LogP contribution is -2.62. The van der Waals surface area contributed by atoms with Gasteiger partial charge < -0.3 is 30.6 Å². The summed E-state index contributed by atoms with van der Waals surface area (Å²) in [6.45, 7) is 6.06. The molecule has 1 unspecified atom stereocenters. The highest BCUT2D eigenvalue weighted by Crippen LogP contribution is 2.70. The molecule has 2 heterocycles. The Bertz CT molecular complexity index is 1090. The van der Waals surface area contributed by atoms with Crippen LogP contribution in [0.25, 0.3) is 0 Å². The van der Waals surface area contributed by atoms with E-state index in [0.717, 1.165) is 76.3 Å². The van der Waals surface area contributed by atoms with Crippen LogP contribution in [0.15, 0.2) is 27.6 Å². The molecule has 210 valence electrons. The minimum atomic E-state index is -0.699. The molecule has 5 aliphatic rings. The van der Waals surface area contributed by atoms with Crippen molar-refractivity contribution in [1.82, 2.24) is 16.0 Å². The van der Waals surface area contributed by atoms with Gasteiger partial charge in [0.05, 0.1) is 24.0 Å². The molecule has 2 amide bonds. The zero-order valence-corrected chi connectivity index (χ0v) is 22.9. The van der Waals surface area contributed by atoms with Crippen LogP contribution in [0.5, 0.6) is 0 Å². The number of fused-ring (bicyclic) bond motifs is 5. The molecule has 6 rings (SSSR count). The third kappa shape index (κ3) is 4.13. The molecule has 0 aromatic carbocycles. The van der Waals surface area contributed by atoms with E-state index in [4.69, 9.17) is 4.42 Å². The van der Waals surface area contributed by atoms with E-state index in [9.17, 15) is 19.8 Å². The summed E-state index contributed by atoms with van der Waals surface area (Å²) in [5.74, 6) is 1.53. The zero-order valence-electron chi connectivity index (χ0n) is 22.9. The Morgan fingerprint density at radius 3 is 2.63 bits per heavy atom. The van der Waals surface area contributed by atoms with Crippen LogP contribution in [0.3, 0.4) is 0 Å². The summed E-state index contributed by atoms with van der Waals surface area (Å²) in [5, 5.41) is 32.0. The Morgan fingerprint density at radius 1 is 1.03 bits per heavy atom. The van der Waals surface area contributed by atoms with Gasteiger partial charge >= 0.3 is 11.7 Å². The third-order valence-electron chi connectivity index (χ3n) is 12.1. The minimum Gasteiger partial charge on any atom is -0.431 e. The summed E-state index contributed by atoms with van der Waals surface area (Å²) >= 11 is 0. The first-order valence-electron chi connectivity index (χ1n) is 14.9. The first-order chi connectivity index (χ1) is 18.1. The van der Waals surface area contributed by atoms with Crippen LogP contribution in [-0.2, 0) is 0 Å². The topological polar surface area (TPSA) is 124 Å². The molecule has 8 heteroatoms. The molecule has 38 heavy (non-hydrogen) atoms. The standard InChI is InChI=1S/C30H45N3O5/c1-28-11-7-20(32-27(36)33-24-10-14-31-16-25(24)34)15-19(28)4-5-23-22(28)8-12-29(2)21(9-13-30(23,29)37)18-3-6-26(35)38-17-18/h3,6,17,19-25,31,34,37H,4-5,7-16H2,1-2H3,(H2,32,33,36)/t19-,20+,21-,22+,23-,24?,25-,28+,29-,30+/m1/s1.